The highest BCUT2D eigenvalue weighted by molar-refractivity contribution is 6.30. The second-order valence-electron chi connectivity index (χ2n) is 3.80. The summed E-state index contributed by atoms with van der Waals surface area (Å²) in [5.74, 6) is -1.32. The quantitative estimate of drug-likeness (QED) is 0.849. The molecule has 0 aliphatic rings. The van der Waals surface area contributed by atoms with Gasteiger partial charge in [-0.2, -0.15) is 0 Å². The van der Waals surface area contributed by atoms with E-state index in [4.69, 9.17) is 11.6 Å². The van der Waals surface area contributed by atoms with Crippen molar-refractivity contribution in [2.24, 2.45) is 0 Å². The summed E-state index contributed by atoms with van der Waals surface area (Å²) in [6.07, 6.45) is 1.01. The van der Waals surface area contributed by atoms with Crippen molar-refractivity contribution in [2.75, 3.05) is 0 Å². The summed E-state index contributed by atoms with van der Waals surface area (Å²) in [7, 11) is 0. The summed E-state index contributed by atoms with van der Waals surface area (Å²) >= 11 is 5.71. The number of ketones is 1. The van der Waals surface area contributed by atoms with Gasteiger partial charge < -0.3 is 4.98 Å². The molecule has 0 spiro atoms. The molecule has 0 aliphatic carbocycles. The molecule has 0 aliphatic heterocycles. The molecule has 5 nitrogen and oxygen atoms in total. The number of nitrogens with one attached hydrogen (secondary N) is 1. The molecule has 1 N–H and O–H groups in total. The topological polar surface area (TPSA) is 71.9 Å². The van der Waals surface area contributed by atoms with Gasteiger partial charge in [-0.3, -0.25) is 9.59 Å². The van der Waals surface area contributed by atoms with Crippen LogP contribution in [0, 0.1) is 5.82 Å². The maximum absolute atomic E-state index is 13.7. The molecule has 0 saturated heterocycles. The van der Waals surface area contributed by atoms with E-state index in [1.165, 1.54) is 13.0 Å². The van der Waals surface area contributed by atoms with E-state index in [1.54, 1.807) is 0 Å². The average Bonchev–Trinajstić information content (AvgIpc) is 2.33. The van der Waals surface area contributed by atoms with Gasteiger partial charge in [-0.25, -0.2) is 13.8 Å². The van der Waals surface area contributed by atoms with Crippen molar-refractivity contribution >= 4 is 17.4 Å². The van der Waals surface area contributed by atoms with Gasteiger partial charge in [0.05, 0.1) is 11.3 Å². The van der Waals surface area contributed by atoms with Crippen LogP contribution in [0.5, 0.6) is 0 Å². The van der Waals surface area contributed by atoms with Crippen molar-refractivity contribution in [3.8, 4) is 5.69 Å². The molecular weight excluding hydrogens is 275 g/mol. The van der Waals surface area contributed by atoms with E-state index in [2.05, 4.69) is 4.98 Å². The fourth-order valence-electron chi connectivity index (χ4n) is 1.60. The highest BCUT2D eigenvalue weighted by atomic mass is 35.5. The van der Waals surface area contributed by atoms with Crippen LogP contribution in [-0.4, -0.2) is 15.3 Å². The first-order valence-electron chi connectivity index (χ1n) is 5.23. The van der Waals surface area contributed by atoms with Crippen LogP contribution in [0.4, 0.5) is 4.39 Å². The van der Waals surface area contributed by atoms with E-state index >= 15 is 0 Å². The molecule has 0 amide bonds. The lowest BCUT2D eigenvalue weighted by molar-refractivity contribution is 0.101. The second kappa shape index (κ2) is 4.81. The van der Waals surface area contributed by atoms with Gasteiger partial charge in [-0.15, -0.1) is 0 Å². The standard InChI is InChI=1S/C12H8ClFN2O3/c1-6(17)8-5-15-12(19)16(11(8)18)10-4-7(13)2-3-9(10)14/h2-5H,1H3,(H,15,19). The highest BCUT2D eigenvalue weighted by Gasteiger charge is 2.15. The lowest BCUT2D eigenvalue weighted by Crippen LogP contribution is -2.36. The molecule has 7 heteroatoms. The van der Waals surface area contributed by atoms with Crippen LogP contribution < -0.4 is 11.2 Å². The zero-order valence-corrected chi connectivity index (χ0v) is 10.5. The smallest absolute Gasteiger partial charge is 0.313 e. The molecule has 98 valence electrons. The molecule has 2 aromatic rings. The Balaban J connectivity index is 2.86. The Morgan fingerprint density at radius 1 is 1.37 bits per heavy atom. The molecule has 0 saturated carbocycles. The Hall–Kier alpha value is -2.21. The van der Waals surface area contributed by atoms with Gasteiger partial charge >= 0.3 is 5.69 Å². The van der Waals surface area contributed by atoms with Gasteiger partial charge in [0, 0.05) is 11.2 Å². The Morgan fingerprint density at radius 2 is 2.05 bits per heavy atom. The number of rotatable bonds is 2. The molecule has 0 bridgehead atoms. The van der Waals surface area contributed by atoms with Crippen molar-refractivity contribution < 1.29 is 9.18 Å². The van der Waals surface area contributed by atoms with Crippen LogP contribution in [0.2, 0.25) is 5.02 Å². The normalized spacial score (nSPS) is 10.5. The third-order valence-corrected chi connectivity index (χ3v) is 2.74. The zero-order valence-electron chi connectivity index (χ0n) is 9.74. The zero-order chi connectivity index (χ0) is 14.2. The predicted molar refractivity (Wildman–Crippen MR) is 67.6 cm³/mol. The molecular formula is C12H8ClFN2O3. The number of aromatic nitrogens is 2. The first kappa shape index (κ1) is 13.2. The molecule has 19 heavy (non-hydrogen) atoms. The summed E-state index contributed by atoms with van der Waals surface area (Å²) in [5.41, 5.74) is -2.28. The maximum Gasteiger partial charge on any atom is 0.333 e. The third-order valence-electron chi connectivity index (χ3n) is 2.50. The fourth-order valence-corrected chi connectivity index (χ4v) is 1.77. The predicted octanol–water partition coefficient (Wildman–Crippen LogP) is 1.52. The monoisotopic (exact) mass is 282 g/mol. The van der Waals surface area contributed by atoms with E-state index < -0.39 is 22.8 Å². The van der Waals surface area contributed by atoms with Crippen molar-refractivity contribution in [3.63, 3.8) is 0 Å². The van der Waals surface area contributed by atoms with Gasteiger partial charge in [0.25, 0.3) is 5.56 Å². The van der Waals surface area contributed by atoms with Crippen LogP contribution in [0.1, 0.15) is 17.3 Å². The molecule has 2 rings (SSSR count). The molecule has 1 aromatic carbocycles. The van der Waals surface area contributed by atoms with Crippen molar-refractivity contribution in [3.05, 3.63) is 61.6 Å². The summed E-state index contributed by atoms with van der Waals surface area (Å²) < 4.78 is 14.2. The Bertz CT molecular complexity index is 779. The Labute approximate surface area is 111 Å². The summed E-state index contributed by atoms with van der Waals surface area (Å²) in [6, 6.07) is 3.45. The van der Waals surface area contributed by atoms with Crippen molar-refractivity contribution in [1.29, 1.82) is 0 Å². The van der Waals surface area contributed by atoms with E-state index in [9.17, 15) is 18.8 Å². The number of carbonyl (C=O) groups excluding carboxylic acids is 1. The Morgan fingerprint density at radius 3 is 2.68 bits per heavy atom. The van der Waals surface area contributed by atoms with E-state index in [-0.39, 0.29) is 16.3 Å². The van der Waals surface area contributed by atoms with Gasteiger partial charge in [0.1, 0.15) is 5.82 Å². The number of Topliss-reactive ketones (excluding diaryl/α,β-unsaturated/α-hetero) is 1. The fraction of sp³-hybridized carbons (Fsp3) is 0.0833. The number of hydrogen-bond acceptors (Lipinski definition) is 3. The number of benzene rings is 1. The van der Waals surface area contributed by atoms with Crippen LogP contribution in [0.3, 0.4) is 0 Å². The number of nitrogens with zero attached hydrogens (tertiary/aromatic N) is 1. The summed E-state index contributed by atoms with van der Waals surface area (Å²) in [4.78, 5) is 37.1. The van der Waals surface area contributed by atoms with Gasteiger partial charge in [0.2, 0.25) is 0 Å². The van der Waals surface area contributed by atoms with E-state index in [1.807, 2.05) is 0 Å². The molecule has 0 unspecified atom stereocenters. The molecule has 1 heterocycles. The lowest BCUT2D eigenvalue weighted by Gasteiger charge is -2.07. The minimum Gasteiger partial charge on any atom is -0.313 e. The highest BCUT2D eigenvalue weighted by Crippen LogP contribution is 2.16. The number of halogens is 2. The average molecular weight is 283 g/mol. The molecule has 0 atom stereocenters. The van der Waals surface area contributed by atoms with Crippen LogP contribution in [-0.2, 0) is 0 Å². The SMILES string of the molecule is CC(=O)c1c[nH]c(=O)n(-c2cc(Cl)ccc2F)c1=O. The molecule has 0 radical (unpaired) electrons. The largest absolute Gasteiger partial charge is 0.333 e. The van der Waals surface area contributed by atoms with E-state index in [0.717, 1.165) is 18.3 Å². The van der Waals surface area contributed by atoms with Crippen molar-refractivity contribution in [1.82, 2.24) is 9.55 Å². The first-order valence-corrected chi connectivity index (χ1v) is 5.60. The number of carbonyl (C=O) groups is 1. The Kier molecular flexibility index (Phi) is 3.35. The number of H-pyrrole nitrogens is 1. The first-order chi connectivity index (χ1) is 8.91. The minimum absolute atomic E-state index is 0.163. The number of hydrogen-bond donors (Lipinski definition) is 1. The summed E-state index contributed by atoms with van der Waals surface area (Å²) in [5, 5.41) is 0.163. The van der Waals surface area contributed by atoms with E-state index in [0.29, 0.717) is 4.57 Å². The third kappa shape index (κ3) is 2.34. The maximum atomic E-state index is 13.7. The minimum atomic E-state index is -0.891. The lowest BCUT2D eigenvalue weighted by atomic mass is 10.2. The number of aromatic amines is 1. The van der Waals surface area contributed by atoms with Gasteiger partial charge in [-0.1, -0.05) is 11.6 Å². The van der Waals surface area contributed by atoms with Crippen LogP contribution in [0.15, 0.2) is 34.0 Å². The molecule has 0 fully saturated rings. The molecule has 1 aromatic heterocycles. The second-order valence-corrected chi connectivity index (χ2v) is 4.24. The summed E-state index contributed by atoms with van der Waals surface area (Å²) in [6.45, 7) is 1.17. The van der Waals surface area contributed by atoms with Gasteiger partial charge in [0.15, 0.2) is 5.78 Å². The van der Waals surface area contributed by atoms with Crippen LogP contribution in [0.25, 0.3) is 5.69 Å². The van der Waals surface area contributed by atoms with Crippen LogP contribution >= 0.6 is 11.6 Å². The van der Waals surface area contributed by atoms with Crippen molar-refractivity contribution in [2.45, 2.75) is 6.92 Å². The van der Waals surface area contributed by atoms with Gasteiger partial charge in [-0.05, 0) is 25.1 Å².